The molecule has 0 atom stereocenters. The average molecular weight is 251 g/mol. The van der Waals surface area contributed by atoms with E-state index >= 15 is 0 Å². The normalized spacial score (nSPS) is 10.9. The molecule has 0 aliphatic rings. The third-order valence-electron chi connectivity index (χ3n) is 2.59. The minimum absolute atomic E-state index is 0.0304. The molecule has 0 aromatic carbocycles. The molecular formula is C12H17N3OS. The fourth-order valence-corrected chi connectivity index (χ4v) is 2.60. The monoisotopic (exact) mass is 251 g/mol. The van der Waals surface area contributed by atoms with Crippen molar-refractivity contribution in [2.75, 3.05) is 18.0 Å². The van der Waals surface area contributed by atoms with E-state index in [2.05, 4.69) is 28.7 Å². The first-order valence-electron chi connectivity index (χ1n) is 5.98. The standard InChI is InChI=1S/C12H17N3OS/c1-3-6-15(7-4-2)12-13-9-5-8-17-10(9)11(16)14-12/h5,8H,3-4,6-7H2,1-2H3,(H,13,14,16). The van der Waals surface area contributed by atoms with Crippen LogP contribution in [0.25, 0.3) is 10.2 Å². The number of rotatable bonds is 5. The van der Waals surface area contributed by atoms with Gasteiger partial charge < -0.3 is 4.90 Å². The SMILES string of the molecule is CCCN(CCC)c1nc2ccsc2c(=O)[nH]1. The number of anilines is 1. The van der Waals surface area contributed by atoms with Crippen LogP contribution in [0.1, 0.15) is 26.7 Å². The minimum Gasteiger partial charge on any atom is -0.342 e. The Labute approximate surface area is 104 Å². The van der Waals surface area contributed by atoms with Gasteiger partial charge in [-0.05, 0) is 24.3 Å². The Hall–Kier alpha value is -1.36. The maximum atomic E-state index is 11.9. The first kappa shape index (κ1) is 12.1. The van der Waals surface area contributed by atoms with Crippen LogP contribution in [0.4, 0.5) is 5.95 Å². The summed E-state index contributed by atoms with van der Waals surface area (Å²) in [6.45, 7) is 6.10. The van der Waals surface area contributed by atoms with Crippen LogP contribution in [0.3, 0.4) is 0 Å². The van der Waals surface area contributed by atoms with Gasteiger partial charge in [0.05, 0.1) is 5.52 Å². The molecule has 17 heavy (non-hydrogen) atoms. The van der Waals surface area contributed by atoms with Gasteiger partial charge in [-0.2, -0.15) is 0 Å². The van der Waals surface area contributed by atoms with Crippen LogP contribution >= 0.6 is 11.3 Å². The Bertz CT molecular complexity index is 540. The van der Waals surface area contributed by atoms with Crippen LogP contribution in [0, 0.1) is 0 Å². The fourth-order valence-electron chi connectivity index (χ4n) is 1.87. The van der Waals surface area contributed by atoms with Crippen molar-refractivity contribution in [3.8, 4) is 0 Å². The lowest BCUT2D eigenvalue weighted by Gasteiger charge is -2.21. The van der Waals surface area contributed by atoms with E-state index in [1.54, 1.807) is 0 Å². The zero-order valence-electron chi connectivity index (χ0n) is 10.2. The minimum atomic E-state index is -0.0304. The summed E-state index contributed by atoms with van der Waals surface area (Å²) in [5, 5.41) is 1.90. The third-order valence-corrected chi connectivity index (χ3v) is 3.49. The highest BCUT2D eigenvalue weighted by Gasteiger charge is 2.10. The third kappa shape index (κ3) is 2.49. The average Bonchev–Trinajstić information content (AvgIpc) is 2.77. The predicted octanol–water partition coefficient (Wildman–Crippen LogP) is 2.61. The quantitative estimate of drug-likeness (QED) is 0.888. The number of H-pyrrole nitrogens is 1. The molecule has 0 aliphatic carbocycles. The lowest BCUT2D eigenvalue weighted by atomic mass is 10.3. The van der Waals surface area contributed by atoms with Gasteiger partial charge in [-0.3, -0.25) is 9.78 Å². The second kappa shape index (κ2) is 5.31. The van der Waals surface area contributed by atoms with Crippen molar-refractivity contribution < 1.29 is 0 Å². The van der Waals surface area contributed by atoms with Gasteiger partial charge in [0.15, 0.2) is 0 Å². The maximum absolute atomic E-state index is 11.9. The number of nitrogens with zero attached hydrogens (tertiary/aromatic N) is 2. The van der Waals surface area contributed by atoms with Gasteiger partial charge in [0.1, 0.15) is 4.70 Å². The van der Waals surface area contributed by atoms with Gasteiger partial charge in [-0.25, -0.2) is 4.98 Å². The Morgan fingerprint density at radius 2 is 2.06 bits per heavy atom. The molecule has 0 spiro atoms. The van der Waals surface area contributed by atoms with Crippen LogP contribution in [0.15, 0.2) is 16.2 Å². The van der Waals surface area contributed by atoms with E-state index in [0.717, 1.165) is 31.4 Å². The van der Waals surface area contributed by atoms with Crippen LogP contribution in [-0.4, -0.2) is 23.1 Å². The molecule has 0 saturated heterocycles. The molecule has 0 amide bonds. The van der Waals surface area contributed by atoms with Crippen molar-refractivity contribution >= 4 is 27.5 Å². The highest BCUT2D eigenvalue weighted by Crippen LogP contribution is 2.17. The topological polar surface area (TPSA) is 49.0 Å². The van der Waals surface area contributed by atoms with E-state index in [4.69, 9.17) is 0 Å². The van der Waals surface area contributed by atoms with Crippen molar-refractivity contribution in [3.63, 3.8) is 0 Å². The molecule has 2 heterocycles. The zero-order chi connectivity index (χ0) is 12.3. The predicted molar refractivity (Wildman–Crippen MR) is 73.0 cm³/mol. The van der Waals surface area contributed by atoms with Gasteiger partial charge in [-0.1, -0.05) is 13.8 Å². The number of fused-ring (bicyclic) bond motifs is 1. The Morgan fingerprint density at radius 3 is 2.71 bits per heavy atom. The molecule has 5 heteroatoms. The highest BCUT2D eigenvalue weighted by molar-refractivity contribution is 7.17. The maximum Gasteiger partial charge on any atom is 0.270 e. The van der Waals surface area contributed by atoms with E-state index < -0.39 is 0 Å². The van der Waals surface area contributed by atoms with Crippen molar-refractivity contribution in [1.82, 2.24) is 9.97 Å². The molecular weight excluding hydrogens is 234 g/mol. The van der Waals surface area contributed by atoms with E-state index in [0.29, 0.717) is 10.6 Å². The second-order valence-electron chi connectivity index (χ2n) is 4.01. The van der Waals surface area contributed by atoms with Crippen molar-refractivity contribution in [2.24, 2.45) is 0 Å². The summed E-state index contributed by atoms with van der Waals surface area (Å²) in [6, 6.07) is 1.90. The van der Waals surface area contributed by atoms with Crippen molar-refractivity contribution in [2.45, 2.75) is 26.7 Å². The highest BCUT2D eigenvalue weighted by atomic mass is 32.1. The summed E-state index contributed by atoms with van der Waals surface area (Å²) >= 11 is 1.44. The van der Waals surface area contributed by atoms with Crippen molar-refractivity contribution in [3.05, 3.63) is 21.8 Å². The largest absolute Gasteiger partial charge is 0.342 e. The smallest absolute Gasteiger partial charge is 0.270 e. The summed E-state index contributed by atoms with van der Waals surface area (Å²) in [5.41, 5.74) is 0.767. The number of aromatic amines is 1. The van der Waals surface area contributed by atoms with Crippen LogP contribution in [0.5, 0.6) is 0 Å². The first-order chi connectivity index (χ1) is 8.26. The van der Waals surface area contributed by atoms with E-state index in [1.807, 2.05) is 11.4 Å². The van der Waals surface area contributed by atoms with Gasteiger partial charge >= 0.3 is 0 Å². The summed E-state index contributed by atoms with van der Waals surface area (Å²) < 4.78 is 0.710. The molecule has 92 valence electrons. The van der Waals surface area contributed by atoms with Gasteiger partial charge in [-0.15, -0.1) is 11.3 Å². The molecule has 2 rings (SSSR count). The molecule has 0 fully saturated rings. The molecule has 2 aromatic heterocycles. The Kier molecular flexibility index (Phi) is 3.78. The van der Waals surface area contributed by atoms with E-state index in [9.17, 15) is 4.79 Å². The Morgan fingerprint density at radius 1 is 1.35 bits per heavy atom. The molecule has 0 unspecified atom stereocenters. The van der Waals surface area contributed by atoms with Crippen molar-refractivity contribution in [1.29, 1.82) is 0 Å². The number of hydrogen-bond donors (Lipinski definition) is 1. The number of hydrogen-bond acceptors (Lipinski definition) is 4. The molecule has 0 aliphatic heterocycles. The zero-order valence-corrected chi connectivity index (χ0v) is 11.0. The molecule has 2 aromatic rings. The van der Waals surface area contributed by atoms with Crippen LogP contribution < -0.4 is 10.5 Å². The summed E-state index contributed by atoms with van der Waals surface area (Å²) in [7, 11) is 0. The number of aromatic nitrogens is 2. The second-order valence-corrected chi connectivity index (χ2v) is 4.93. The summed E-state index contributed by atoms with van der Waals surface area (Å²) in [5.74, 6) is 0.699. The van der Waals surface area contributed by atoms with Crippen LogP contribution in [0.2, 0.25) is 0 Å². The number of nitrogens with one attached hydrogen (secondary N) is 1. The lowest BCUT2D eigenvalue weighted by Crippen LogP contribution is -2.28. The molecule has 4 nitrogen and oxygen atoms in total. The van der Waals surface area contributed by atoms with Gasteiger partial charge in [0.25, 0.3) is 5.56 Å². The van der Waals surface area contributed by atoms with Gasteiger partial charge in [0.2, 0.25) is 5.95 Å². The molecule has 0 saturated carbocycles. The van der Waals surface area contributed by atoms with Crippen LogP contribution in [-0.2, 0) is 0 Å². The Balaban J connectivity index is 2.42. The molecule has 0 radical (unpaired) electrons. The van der Waals surface area contributed by atoms with E-state index in [1.165, 1.54) is 11.3 Å². The molecule has 1 N–H and O–H groups in total. The first-order valence-corrected chi connectivity index (χ1v) is 6.86. The molecule has 0 bridgehead atoms. The summed E-state index contributed by atoms with van der Waals surface area (Å²) in [4.78, 5) is 21.4. The number of thiophene rings is 1. The lowest BCUT2D eigenvalue weighted by molar-refractivity contribution is 0.722. The van der Waals surface area contributed by atoms with Gasteiger partial charge in [0, 0.05) is 13.1 Å². The van der Waals surface area contributed by atoms with E-state index in [-0.39, 0.29) is 5.56 Å². The summed E-state index contributed by atoms with van der Waals surface area (Å²) in [6.07, 6.45) is 2.09. The fraction of sp³-hybridized carbons (Fsp3) is 0.500.